The van der Waals surface area contributed by atoms with Gasteiger partial charge < -0.3 is 14.5 Å². The van der Waals surface area contributed by atoms with Crippen LogP contribution in [0.4, 0.5) is 0 Å². The molecule has 1 aliphatic heterocycles. The summed E-state index contributed by atoms with van der Waals surface area (Å²) in [7, 11) is 2.08. The summed E-state index contributed by atoms with van der Waals surface area (Å²) < 4.78 is 5.44. The third kappa shape index (κ3) is 4.94. The zero-order valence-corrected chi connectivity index (χ0v) is 11.0. The van der Waals surface area contributed by atoms with E-state index in [1.165, 1.54) is 0 Å². The van der Waals surface area contributed by atoms with Crippen molar-refractivity contribution < 1.29 is 9.53 Å². The molecule has 1 aliphatic rings. The molecule has 16 heavy (non-hydrogen) atoms. The predicted molar refractivity (Wildman–Crippen MR) is 64.4 cm³/mol. The zero-order chi connectivity index (χ0) is 12.2. The van der Waals surface area contributed by atoms with Crippen LogP contribution < -0.4 is 0 Å². The third-order valence-corrected chi connectivity index (χ3v) is 2.62. The number of carbonyl (C=O) groups excluding carboxylic acids is 1. The minimum atomic E-state index is 0.123. The smallest absolute Gasteiger partial charge is 0.248 e. The van der Waals surface area contributed by atoms with E-state index in [1.807, 2.05) is 4.90 Å². The van der Waals surface area contributed by atoms with Crippen molar-refractivity contribution in [2.75, 3.05) is 46.4 Å². The van der Waals surface area contributed by atoms with Gasteiger partial charge in [0, 0.05) is 26.2 Å². The highest BCUT2D eigenvalue weighted by Gasteiger charge is 2.19. The van der Waals surface area contributed by atoms with Crippen LogP contribution >= 0.6 is 0 Å². The highest BCUT2D eigenvalue weighted by atomic mass is 16.5. The van der Waals surface area contributed by atoms with Crippen LogP contribution in [-0.4, -0.2) is 62.1 Å². The molecule has 0 spiro atoms. The van der Waals surface area contributed by atoms with Crippen LogP contribution in [0.25, 0.3) is 0 Å². The summed E-state index contributed by atoms with van der Waals surface area (Å²) >= 11 is 0. The van der Waals surface area contributed by atoms with E-state index in [1.54, 1.807) is 0 Å². The van der Waals surface area contributed by atoms with Gasteiger partial charge in [-0.1, -0.05) is 20.8 Å². The summed E-state index contributed by atoms with van der Waals surface area (Å²) in [5, 5.41) is 0. The molecular formula is C12H24N2O2. The fourth-order valence-electron chi connectivity index (χ4n) is 1.59. The molecule has 0 aromatic heterocycles. The van der Waals surface area contributed by atoms with Crippen molar-refractivity contribution in [2.24, 2.45) is 5.41 Å². The molecule has 0 unspecified atom stereocenters. The molecule has 0 aromatic carbocycles. The van der Waals surface area contributed by atoms with Crippen molar-refractivity contribution in [2.45, 2.75) is 20.8 Å². The lowest BCUT2D eigenvalue weighted by Gasteiger charge is -2.32. The number of hydrogen-bond acceptors (Lipinski definition) is 3. The van der Waals surface area contributed by atoms with Crippen LogP contribution in [0.2, 0.25) is 0 Å². The van der Waals surface area contributed by atoms with Crippen molar-refractivity contribution >= 4 is 5.91 Å². The number of ether oxygens (including phenoxy) is 1. The monoisotopic (exact) mass is 228 g/mol. The first-order chi connectivity index (χ1) is 7.38. The second-order valence-corrected chi connectivity index (χ2v) is 5.74. The molecule has 1 saturated heterocycles. The van der Waals surface area contributed by atoms with E-state index in [-0.39, 0.29) is 17.9 Å². The van der Waals surface area contributed by atoms with Crippen LogP contribution in [0.1, 0.15) is 20.8 Å². The van der Waals surface area contributed by atoms with Crippen LogP contribution in [0.5, 0.6) is 0 Å². The highest BCUT2D eigenvalue weighted by Crippen LogP contribution is 2.12. The topological polar surface area (TPSA) is 32.8 Å². The van der Waals surface area contributed by atoms with Gasteiger partial charge in [-0.05, 0) is 12.5 Å². The van der Waals surface area contributed by atoms with Gasteiger partial charge in [-0.3, -0.25) is 4.79 Å². The Labute approximate surface area is 98.5 Å². The molecule has 0 aromatic rings. The number of amides is 1. The Morgan fingerprint density at radius 3 is 2.25 bits per heavy atom. The number of piperazine rings is 1. The molecule has 0 N–H and O–H groups in total. The lowest BCUT2D eigenvalue weighted by atomic mass is 9.99. The van der Waals surface area contributed by atoms with Crippen LogP contribution in [0.3, 0.4) is 0 Å². The minimum Gasteiger partial charge on any atom is -0.371 e. The Kier molecular flexibility index (Phi) is 4.74. The maximum atomic E-state index is 11.8. The summed E-state index contributed by atoms with van der Waals surface area (Å²) in [6.45, 7) is 10.7. The molecule has 94 valence electrons. The van der Waals surface area contributed by atoms with E-state index in [0.29, 0.717) is 6.61 Å². The number of rotatable bonds is 3. The van der Waals surface area contributed by atoms with Gasteiger partial charge in [0.25, 0.3) is 0 Å². The Bertz CT molecular complexity index is 228. The molecule has 1 fully saturated rings. The maximum Gasteiger partial charge on any atom is 0.248 e. The average Bonchev–Trinajstić information content (AvgIpc) is 2.16. The first-order valence-electron chi connectivity index (χ1n) is 5.92. The quantitative estimate of drug-likeness (QED) is 0.717. The van der Waals surface area contributed by atoms with Crippen molar-refractivity contribution in [1.82, 2.24) is 9.80 Å². The fraction of sp³-hybridized carbons (Fsp3) is 0.917. The van der Waals surface area contributed by atoms with Crippen LogP contribution in [-0.2, 0) is 9.53 Å². The van der Waals surface area contributed by atoms with Crippen molar-refractivity contribution in [3.8, 4) is 0 Å². The average molecular weight is 228 g/mol. The molecule has 0 atom stereocenters. The summed E-state index contributed by atoms with van der Waals surface area (Å²) in [5.41, 5.74) is 0.127. The van der Waals surface area contributed by atoms with E-state index < -0.39 is 0 Å². The van der Waals surface area contributed by atoms with Gasteiger partial charge in [-0.15, -0.1) is 0 Å². The summed E-state index contributed by atoms with van der Waals surface area (Å²) in [5.74, 6) is 0.123. The minimum absolute atomic E-state index is 0.123. The lowest BCUT2D eigenvalue weighted by molar-refractivity contribution is -0.138. The number of likely N-dealkylation sites (N-methyl/N-ethyl adjacent to an activating group) is 1. The summed E-state index contributed by atoms with van der Waals surface area (Å²) in [6, 6.07) is 0. The van der Waals surface area contributed by atoms with Crippen LogP contribution in [0.15, 0.2) is 0 Å². The standard InChI is InChI=1S/C12H24N2O2/c1-12(2,3)10-16-9-11(15)14-7-5-13(4)6-8-14/h5-10H2,1-4H3. The van der Waals surface area contributed by atoms with Crippen LogP contribution in [0, 0.1) is 5.41 Å². The predicted octanol–water partition coefficient (Wildman–Crippen LogP) is 0.823. The van der Waals surface area contributed by atoms with Crippen molar-refractivity contribution in [1.29, 1.82) is 0 Å². The Hall–Kier alpha value is -0.610. The number of carbonyl (C=O) groups is 1. The maximum absolute atomic E-state index is 11.8. The fourth-order valence-corrected chi connectivity index (χ4v) is 1.59. The highest BCUT2D eigenvalue weighted by molar-refractivity contribution is 5.77. The molecule has 4 nitrogen and oxygen atoms in total. The van der Waals surface area contributed by atoms with Crippen molar-refractivity contribution in [3.05, 3.63) is 0 Å². The lowest BCUT2D eigenvalue weighted by Crippen LogP contribution is -2.48. The number of nitrogens with zero attached hydrogens (tertiary/aromatic N) is 2. The zero-order valence-electron chi connectivity index (χ0n) is 11.0. The molecule has 0 saturated carbocycles. The molecule has 4 heteroatoms. The number of hydrogen-bond donors (Lipinski definition) is 0. The normalized spacial score (nSPS) is 18.9. The molecule has 0 bridgehead atoms. The van der Waals surface area contributed by atoms with Gasteiger partial charge >= 0.3 is 0 Å². The summed E-state index contributed by atoms with van der Waals surface area (Å²) in [4.78, 5) is 15.9. The van der Waals surface area contributed by atoms with Crippen molar-refractivity contribution in [3.63, 3.8) is 0 Å². The Morgan fingerprint density at radius 2 is 1.75 bits per heavy atom. The first kappa shape index (κ1) is 13.5. The SMILES string of the molecule is CN1CCN(C(=O)COCC(C)(C)C)CC1. The Balaban J connectivity index is 2.20. The van der Waals surface area contributed by atoms with E-state index in [4.69, 9.17) is 4.74 Å². The van der Waals surface area contributed by atoms with E-state index in [2.05, 4.69) is 32.7 Å². The van der Waals surface area contributed by atoms with Gasteiger partial charge in [0.05, 0.1) is 6.61 Å². The second-order valence-electron chi connectivity index (χ2n) is 5.74. The molecule has 1 heterocycles. The van der Waals surface area contributed by atoms with E-state index in [0.717, 1.165) is 26.2 Å². The summed E-state index contributed by atoms with van der Waals surface area (Å²) in [6.07, 6.45) is 0. The van der Waals surface area contributed by atoms with Gasteiger partial charge in [-0.25, -0.2) is 0 Å². The molecule has 1 amide bonds. The van der Waals surface area contributed by atoms with Gasteiger partial charge in [0.2, 0.25) is 5.91 Å². The third-order valence-electron chi connectivity index (χ3n) is 2.62. The second kappa shape index (κ2) is 5.64. The largest absolute Gasteiger partial charge is 0.371 e. The molecule has 0 radical (unpaired) electrons. The van der Waals surface area contributed by atoms with Gasteiger partial charge in [-0.2, -0.15) is 0 Å². The van der Waals surface area contributed by atoms with E-state index in [9.17, 15) is 4.79 Å². The molecule has 1 rings (SSSR count). The molecular weight excluding hydrogens is 204 g/mol. The van der Waals surface area contributed by atoms with E-state index >= 15 is 0 Å². The van der Waals surface area contributed by atoms with Gasteiger partial charge in [0.1, 0.15) is 6.61 Å². The first-order valence-corrected chi connectivity index (χ1v) is 5.92. The van der Waals surface area contributed by atoms with Gasteiger partial charge in [0.15, 0.2) is 0 Å². The Morgan fingerprint density at radius 1 is 1.19 bits per heavy atom. The molecule has 0 aliphatic carbocycles.